The molecule has 0 bridgehead atoms. The summed E-state index contributed by atoms with van der Waals surface area (Å²) in [6.45, 7) is 3.51. The van der Waals surface area contributed by atoms with Crippen molar-refractivity contribution >= 4 is 27.5 Å². The van der Waals surface area contributed by atoms with Gasteiger partial charge < -0.3 is 5.32 Å². The molecule has 1 aromatic rings. The van der Waals surface area contributed by atoms with Crippen molar-refractivity contribution in [3.05, 3.63) is 39.4 Å². The Bertz CT molecular complexity index is 540. The lowest BCUT2D eigenvalue weighted by atomic mass is 10.1. The van der Waals surface area contributed by atoms with Crippen molar-refractivity contribution in [2.45, 2.75) is 19.9 Å². The third kappa shape index (κ3) is 3.50. The van der Waals surface area contributed by atoms with Gasteiger partial charge in [0, 0.05) is 17.4 Å². The third-order valence-corrected chi connectivity index (χ3v) is 3.97. The Morgan fingerprint density at radius 1 is 1.45 bits per heavy atom. The second-order valence-corrected chi connectivity index (χ2v) is 5.05. The molecule has 20 heavy (non-hydrogen) atoms. The number of hydrogen-bond acceptors (Lipinski definition) is 3. The number of hydrogen-bond donors (Lipinski definition) is 1. The summed E-state index contributed by atoms with van der Waals surface area (Å²) < 4.78 is 27.4. The summed E-state index contributed by atoms with van der Waals surface area (Å²) in [6, 6.07) is 1.04. The van der Waals surface area contributed by atoms with E-state index in [0.717, 1.165) is 0 Å². The molecule has 1 aromatic carbocycles. The van der Waals surface area contributed by atoms with E-state index in [0.29, 0.717) is 17.5 Å². The molecule has 0 aliphatic rings. The van der Waals surface area contributed by atoms with E-state index in [9.17, 15) is 23.7 Å². The molecule has 2 unspecified atom stereocenters. The lowest BCUT2D eigenvalue weighted by Gasteiger charge is -2.19. The Hall–Kier alpha value is -1.57. The highest BCUT2D eigenvalue weighted by atomic mass is 79.9. The van der Waals surface area contributed by atoms with Crippen molar-refractivity contribution < 1.29 is 18.5 Å². The second kappa shape index (κ2) is 6.74. The summed E-state index contributed by atoms with van der Waals surface area (Å²) >= 11 is 3.23. The molecule has 0 aliphatic heterocycles. The number of nitro benzene ring substituents is 1. The summed E-state index contributed by atoms with van der Waals surface area (Å²) in [6.07, 6.45) is 0. The monoisotopic (exact) mass is 350 g/mol. The number of amides is 1. The van der Waals surface area contributed by atoms with Gasteiger partial charge in [0.05, 0.1) is 4.92 Å². The number of halogens is 3. The van der Waals surface area contributed by atoms with E-state index in [2.05, 4.69) is 21.2 Å². The first kappa shape index (κ1) is 16.5. The minimum atomic E-state index is -1.47. The molecule has 0 heterocycles. The Kier molecular flexibility index (Phi) is 5.55. The van der Waals surface area contributed by atoms with Crippen LogP contribution in [0.4, 0.5) is 14.5 Å². The van der Waals surface area contributed by atoms with Crippen LogP contribution in [0, 0.1) is 27.7 Å². The molecular formula is C12H13BrF2N2O3. The van der Waals surface area contributed by atoms with Crippen LogP contribution in [0.2, 0.25) is 0 Å². The zero-order chi connectivity index (χ0) is 15.4. The van der Waals surface area contributed by atoms with Crippen LogP contribution in [0.5, 0.6) is 0 Å². The molecule has 8 heteroatoms. The molecular weight excluding hydrogens is 338 g/mol. The van der Waals surface area contributed by atoms with Crippen molar-refractivity contribution in [1.29, 1.82) is 0 Å². The van der Waals surface area contributed by atoms with E-state index in [1.807, 2.05) is 6.92 Å². The first-order valence-electron chi connectivity index (χ1n) is 5.78. The minimum absolute atomic E-state index is 0.0313. The predicted molar refractivity (Wildman–Crippen MR) is 72.9 cm³/mol. The van der Waals surface area contributed by atoms with Crippen LogP contribution in [-0.4, -0.2) is 22.2 Å². The van der Waals surface area contributed by atoms with Gasteiger partial charge in [-0.2, -0.15) is 4.39 Å². The number of rotatable bonds is 5. The molecule has 5 nitrogen and oxygen atoms in total. The first-order chi connectivity index (χ1) is 9.29. The van der Waals surface area contributed by atoms with Crippen LogP contribution in [0.3, 0.4) is 0 Å². The number of benzene rings is 1. The summed E-state index contributed by atoms with van der Waals surface area (Å²) in [7, 11) is 0. The van der Waals surface area contributed by atoms with E-state index in [1.54, 1.807) is 6.92 Å². The van der Waals surface area contributed by atoms with Gasteiger partial charge in [0.15, 0.2) is 0 Å². The normalized spacial score (nSPS) is 13.7. The number of nitro groups is 1. The van der Waals surface area contributed by atoms with Gasteiger partial charge in [0.1, 0.15) is 11.4 Å². The average molecular weight is 351 g/mol. The largest absolute Gasteiger partial charge is 0.349 e. The zero-order valence-electron chi connectivity index (χ0n) is 10.8. The van der Waals surface area contributed by atoms with E-state index in [1.165, 1.54) is 0 Å². The van der Waals surface area contributed by atoms with Crippen molar-refractivity contribution in [2.75, 3.05) is 5.33 Å². The molecule has 0 fully saturated rings. The van der Waals surface area contributed by atoms with E-state index in [4.69, 9.17) is 0 Å². The van der Waals surface area contributed by atoms with Gasteiger partial charge in [-0.05, 0) is 18.9 Å². The Morgan fingerprint density at radius 2 is 2.05 bits per heavy atom. The number of carbonyl (C=O) groups is 1. The fraction of sp³-hybridized carbons (Fsp3) is 0.417. The summed E-state index contributed by atoms with van der Waals surface area (Å²) in [4.78, 5) is 21.4. The van der Waals surface area contributed by atoms with Gasteiger partial charge in [-0.25, -0.2) is 4.39 Å². The van der Waals surface area contributed by atoms with Crippen molar-refractivity contribution in [3.8, 4) is 0 Å². The lowest BCUT2D eigenvalue weighted by Crippen LogP contribution is -2.38. The second-order valence-electron chi connectivity index (χ2n) is 4.41. The highest BCUT2D eigenvalue weighted by Gasteiger charge is 2.27. The Morgan fingerprint density at radius 3 is 2.55 bits per heavy atom. The van der Waals surface area contributed by atoms with Crippen molar-refractivity contribution in [2.24, 2.45) is 5.92 Å². The smallest absolute Gasteiger partial charge is 0.305 e. The van der Waals surface area contributed by atoms with Crippen LogP contribution in [-0.2, 0) is 0 Å². The number of alkyl halides is 1. The predicted octanol–water partition coefficient (Wildman–Crippen LogP) is 3.02. The average Bonchev–Trinajstić information content (AvgIpc) is 2.37. The molecule has 0 spiro atoms. The molecule has 110 valence electrons. The molecule has 1 rings (SSSR count). The standard InChI is InChI=1S/C12H13BrF2N2O3/c1-6(5-13)7(2)16-12(18)10-8(14)3-4-9(11(10)15)17(19)20/h3-4,6-7H,5H2,1-2H3,(H,16,18). The Labute approximate surface area is 122 Å². The highest BCUT2D eigenvalue weighted by molar-refractivity contribution is 9.09. The van der Waals surface area contributed by atoms with E-state index in [-0.39, 0.29) is 12.0 Å². The molecule has 0 saturated carbocycles. The van der Waals surface area contributed by atoms with Gasteiger partial charge in [0.25, 0.3) is 5.91 Å². The maximum Gasteiger partial charge on any atom is 0.305 e. The van der Waals surface area contributed by atoms with Gasteiger partial charge in [-0.1, -0.05) is 22.9 Å². The molecule has 0 aliphatic carbocycles. The summed E-state index contributed by atoms with van der Waals surface area (Å²) in [5.41, 5.74) is -1.87. The van der Waals surface area contributed by atoms with Crippen LogP contribution < -0.4 is 5.32 Å². The maximum absolute atomic E-state index is 13.8. The van der Waals surface area contributed by atoms with Crippen molar-refractivity contribution in [1.82, 2.24) is 5.32 Å². The fourth-order valence-corrected chi connectivity index (χ4v) is 2.01. The molecule has 2 atom stereocenters. The lowest BCUT2D eigenvalue weighted by molar-refractivity contribution is -0.387. The van der Waals surface area contributed by atoms with Crippen LogP contribution in [0.1, 0.15) is 24.2 Å². The van der Waals surface area contributed by atoms with Crippen LogP contribution in [0.25, 0.3) is 0 Å². The third-order valence-electron chi connectivity index (χ3n) is 2.95. The van der Waals surface area contributed by atoms with E-state index >= 15 is 0 Å². The number of nitrogens with one attached hydrogen (secondary N) is 1. The van der Waals surface area contributed by atoms with Crippen LogP contribution >= 0.6 is 15.9 Å². The van der Waals surface area contributed by atoms with Gasteiger partial charge in [-0.15, -0.1) is 0 Å². The van der Waals surface area contributed by atoms with E-state index < -0.39 is 33.7 Å². The molecule has 0 radical (unpaired) electrons. The quantitative estimate of drug-likeness (QED) is 0.504. The topological polar surface area (TPSA) is 72.2 Å². The van der Waals surface area contributed by atoms with Crippen LogP contribution in [0.15, 0.2) is 12.1 Å². The number of carbonyl (C=O) groups excluding carboxylic acids is 1. The molecule has 0 aromatic heterocycles. The molecule has 1 N–H and O–H groups in total. The van der Waals surface area contributed by atoms with Crippen molar-refractivity contribution in [3.63, 3.8) is 0 Å². The molecule has 0 saturated heterocycles. The zero-order valence-corrected chi connectivity index (χ0v) is 12.4. The SMILES string of the molecule is CC(CBr)C(C)NC(=O)c1c(F)ccc([N+](=O)[O-])c1F. The van der Waals surface area contributed by atoms with Gasteiger partial charge in [0.2, 0.25) is 5.82 Å². The molecule has 1 amide bonds. The summed E-state index contributed by atoms with van der Waals surface area (Å²) in [5, 5.41) is 13.6. The number of nitrogens with zero attached hydrogens (tertiary/aromatic N) is 1. The summed E-state index contributed by atoms with van der Waals surface area (Å²) in [5.74, 6) is -3.58. The maximum atomic E-state index is 13.8. The van der Waals surface area contributed by atoms with Gasteiger partial charge >= 0.3 is 5.69 Å². The minimum Gasteiger partial charge on any atom is -0.349 e. The first-order valence-corrected chi connectivity index (χ1v) is 6.91. The Balaban J connectivity index is 3.10. The highest BCUT2D eigenvalue weighted by Crippen LogP contribution is 2.23. The fourth-order valence-electron chi connectivity index (χ4n) is 1.45. The van der Waals surface area contributed by atoms with Gasteiger partial charge in [-0.3, -0.25) is 14.9 Å².